The van der Waals surface area contributed by atoms with Gasteiger partial charge in [0.15, 0.2) is 5.82 Å². The van der Waals surface area contributed by atoms with Crippen LogP contribution in [0.3, 0.4) is 0 Å². The first-order valence-electron chi connectivity index (χ1n) is 5.42. The third-order valence-corrected chi connectivity index (χ3v) is 3.30. The first-order valence-corrected chi connectivity index (χ1v) is 6.30. The van der Waals surface area contributed by atoms with Crippen molar-refractivity contribution in [2.24, 2.45) is 0 Å². The Bertz CT molecular complexity index is 545. The highest BCUT2D eigenvalue weighted by atomic mass is 32.1. The van der Waals surface area contributed by atoms with Gasteiger partial charge in [0.2, 0.25) is 0 Å². The largest absolute Gasteiger partial charge is 0.477 e. The summed E-state index contributed by atoms with van der Waals surface area (Å²) in [5, 5.41) is 15.0. The average Bonchev–Trinajstić information content (AvgIpc) is 2.94. The molecule has 0 aliphatic carbocycles. The van der Waals surface area contributed by atoms with E-state index in [2.05, 4.69) is 10.1 Å². The van der Waals surface area contributed by atoms with Gasteiger partial charge in [-0.1, -0.05) is 13.8 Å². The smallest absolute Gasteiger partial charge is 0.345 e. The molecule has 0 aliphatic heterocycles. The number of carboxylic acids is 1. The van der Waals surface area contributed by atoms with Gasteiger partial charge in [-0.15, -0.1) is 11.3 Å². The number of hydrogen-bond acceptors (Lipinski definition) is 4. The lowest BCUT2D eigenvalue weighted by Crippen LogP contribution is -2.01. The molecule has 0 bridgehead atoms. The van der Waals surface area contributed by atoms with Crippen molar-refractivity contribution in [2.45, 2.75) is 26.7 Å². The van der Waals surface area contributed by atoms with Crippen LogP contribution in [0.2, 0.25) is 0 Å². The summed E-state index contributed by atoms with van der Waals surface area (Å²) in [7, 11) is 0. The van der Waals surface area contributed by atoms with E-state index in [0.29, 0.717) is 4.88 Å². The molecule has 0 fully saturated rings. The van der Waals surface area contributed by atoms with Crippen molar-refractivity contribution in [1.29, 1.82) is 0 Å². The first kappa shape index (κ1) is 11.8. The molecule has 0 saturated heterocycles. The number of aromatic carboxylic acids is 1. The standard InChI is InChI=1S/C11H13N3O2S/c1-3-9-12-10(4-2)14(13-9)7-5-8(11(15)16)17-6-7/h5-6H,3-4H2,1-2H3,(H,15,16). The maximum Gasteiger partial charge on any atom is 0.345 e. The van der Waals surface area contributed by atoms with Crippen molar-refractivity contribution in [1.82, 2.24) is 14.8 Å². The summed E-state index contributed by atoms with van der Waals surface area (Å²) in [4.78, 5) is 15.5. The minimum absolute atomic E-state index is 0.315. The van der Waals surface area contributed by atoms with Gasteiger partial charge in [-0.2, -0.15) is 5.10 Å². The van der Waals surface area contributed by atoms with E-state index in [1.807, 2.05) is 13.8 Å². The summed E-state index contributed by atoms with van der Waals surface area (Å²) < 4.78 is 1.72. The topological polar surface area (TPSA) is 68.0 Å². The van der Waals surface area contributed by atoms with Crippen LogP contribution in [0.5, 0.6) is 0 Å². The highest BCUT2D eigenvalue weighted by Gasteiger charge is 2.13. The number of rotatable bonds is 4. The van der Waals surface area contributed by atoms with Gasteiger partial charge in [0.1, 0.15) is 10.7 Å². The summed E-state index contributed by atoms with van der Waals surface area (Å²) in [6.07, 6.45) is 1.54. The fraction of sp³-hybridized carbons (Fsp3) is 0.364. The average molecular weight is 251 g/mol. The van der Waals surface area contributed by atoms with Crippen molar-refractivity contribution in [3.05, 3.63) is 28.0 Å². The number of carbonyl (C=O) groups is 1. The number of nitrogens with zero attached hydrogens (tertiary/aromatic N) is 3. The van der Waals surface area contributed by atoms with Gasteiger partial charge < -0.3 is 5.11 Å². The van der Waals surface area contributed by atoms with Gasteiger partial charge in [-0.3, -0.25) is 0 Å². The molecular formula is C11H13N3O2S. The Hall–Kier alpha value is -1.69. The van der Waals surface area contributed by atoms with E-state index < -0.39 is 5.97 Å². The van der Waals surface area contributed by atoms with Crippen LogP contribution in [0.1, 0.15) is 35.2 Å². The summed E-state index contributed by atoms with van der Waals surface area (Å²) in [6.45, 7) is 4.00. The minimum atomic E-state index is -0.907. The molecular weight excluding hydrogens is 238 g/mol. The Morgan fingerprint density at radius 3 is 2.76 bits per heavy atom. The Morgan fingerprint density at radius 2 is 2.24 bits per heavy atom. The van der Waals surface area contributed by atoms with E-state index in [1.165, 1.54) is 11.3 Å². The highest BCUT2D eigenvalue weighted by Crippen LogP contribution is 2.19. The molecule has 90 valence electrons. The summed E-state index contributed by atoms with van der Waals surface area (Å²) in [5.74, 6) is 0.733. The van der Waals surface area contributed by atoms with Gasteiger partial charge in [0.05, 0.1) is 5.69 Å². The zero-order chi connectivity index (χ0) is 12.4. The second-order valence-electron chi connectivity index (χ2n) is 3.54. The number of aromatic nitrogens is 3. The number of aryl methyl sites for hydroxylation is 2. The van der Waals surface area contributed by atoms with Crippen molar-refractivity contribution < 1.29 is 9.90 Å². The van der Waals surface area contributed by atoms with E-state index in [0.717, 1.165) is 30.2 Å². The molecule has 2 rings (SSSR count). The first-order chi connectivity index (χ1) is 8.15. The van der Waals surface area contributed by atoms with Crippen LogP contribution in [-0.4, -0.2) is 25.8 Å². The Kier molecular flexibility index (Phi) is 3.23. The van der Waals surface area contributed by atoms with Crippen molar-refractivity contribution in [3.63, 3.8) is 0 Å². The molecule has 6 heteroatoms. The van der Waals surface area contributed by atoms with E-state index in [1.54, 1.807) is 16.1 Å². The predicted molar refractivity (Wildman–Crippen MR) is 65.0 cm³/mol. The number of thiophene rings is 1. The normalized spacial score (nSPS) is 10.7. The van der Waals surface area contributed by atoms with Crippen LogP contribution in [0, 0.1) is 0 Å². The lowest BCUT2D eigenvalue weighted by atomic mass is 10.4. The molecule has 0 atom stereocenters. The molecule has 1 N–H and O–H groups in total. The molecule has 2 heterocycles. The SMILES string of the molecule is CCc1nc(CC)n(-c2csc(C(=O)O)c2)n1. The van der Waals surface area contributed by atoms with E-state index in [-0.39, 0.29) is 0 Å². The van der Waals surface area contributed by atoms with Crippen molar-refractivity contribution in [2.75, 3.05) is 0 Å². The summed E-state index contributed by atoms with van der Waals surface area (Å²) >= 11 is 1.20. The molecule has 2 aromatic heterocycles. The lowest BCUT2D eigenvalue weighted by Gasteiger charge is -1.99. The van der Waals surface area contributed by atoms with Crippen LogP contribution in [0.25, 0.3) is 5.69 Å². The predicted octanol–water partition coefficient (Wildman–Crippen LogP) is 2.15. The maximum absolute atomic E-state index is 10.8. The van der Waals surface area contributed by atoms with Gasteiger partial charge in [0, 0.05) is 18.2 Å². The molecule has 0 amide bonds. The van der Waals surface area contributed by atoms with Crippen LogP contribution in [-0.2, 0) is 12.8 Å². The van der Waals surface area contributed by atoms with Crippen LogP contribution in [0.4, 0.5) is 0 Å². The van der Waals surface area contributed by atoms with Gasteiger partial charge >= 0.3 is 5.97 Å². The monoisotopic (exact) mass is 251 g/mol. The molecule has 0 radical (unpaired) electrons. The molecule has 17 heavy (non-hydrogen) atoms. The molecule has 0 aromatic carbocycles. The molecule has 5 nitrogen and oxygen atoms in total. The summed E-state index contributed by atoms with van der Waals surface area (Å²) in [5.41, 5.74) is 0.774. The fourth-order valence-corrected chi connectivity index (χ4v) is 2.23. The maximum atomic E-state index is 10.8. The lowest BCUT2D eigenvalue weighted by molar-refractivity contribution is 0.0702. The summed E-state index contributed by atoms with van der Waals surface area (Å²) in [6, 6.07) is 1.63. The zero-order valence-electron chi connectivity index (χ0n) is 9.67. The molecule has 0 unspecified atom stereocenters. The Morgan fingerprint density at radius 1 is 1.47 bits per heavy atom. The van der Waals surface area contributed by atoms with E-state index in [4.69, 9.17) is 5.11 Å². The quantitative estimate of drug-likeness (QED) is 0.904. The Labute approximate surface area is 103 Å². The zero-order valence-corrected chi connectivity index (χ0v) is 10.5. The van der Waals surface area contributed by atoms with E-state index >= 15 is 0 Å². The molecule has 0 saturated carbocycles. The second kappa shape index (κ2) is 4.67. The van der Waals surface area contributed by atoms with Crippen LogP contribution < -0.4 is 0 Å². The third-order valence-electron chi connectivity index (χ3n) is 2.39. The van der Waals surface area contributed by atoms with Crippen LogP contribution >= 0.6 is 11.3 Å². The Balaban J connectivity index is 2.43. The third kappa shape index (κ3) is 2.21. The van der Waals surface area contributed by atoms with E-state index in [9.17, 15) is 4.79 Å². The minimum Gasteiger partial charge on any atom is -0.477 e. The molecule has 0 aliphatic rings. The van der Waals surface area contributed by atoms with Gasteiger partial charge in [0.25, 0.3) is 0 Å². The second-order valence-corrected chi connectivity index (χ2v) is 4.45. The molecule has 0 spiro atoms. The fourth-order valence-electron chi connectivity index (χ4n) is 1.53. The number of hydrogen-bond donors (Lipinski definition) is 1. The van der Waals surface area contributed by atoms with Crippen molar-refractivity contribution >= 4 is 17.3 Å². The van der Waals surface area contributed by atoms with Crippen molar-refractivity contribution in [3.8, 4) is 5.69 Å². The van der Waals surface area contributed by atoms with Crippen LogP contribution in [0.15, 0.2) is 11.4 Å². The molecule has 2 aromatic rings. The highest BCUT2D eigenvalue weighted by molar-refractivity contribution is 7.12. The number of carboxylic acid groups (broad SMARTS) is 1. The van der Waals surface area contributed by atoms with Gasteiger partial charge in [-0.25, -0.2) is 14.5 Å². The van der Waals surface area contributed by atoms with Gasteiger partial charge in [-0.05, 0) is 6.07 Å².